The fourth-order valence-corrected chi connectivity index (χ4v) is 4.96. The Kier molecular flexibility index (Phi) is 20.5. The number of aryl methyl sites for hydroxylation is 4. The van der Waals surface area contributed by atoms with Crippen LogP contribution in [-0.2, 0) is 66.8 Å². The van der Waals surface area contributed by atoms with Gasteiger partial charge in [0.05, 0.1) is 0 Å². The first kappa shape index (κ1) is 57.8. The van der Waals surface area contributed by atoms with Gasteiger partial charge in [-0.05, 0) is 99.5 Å². The average molecular weight is 1340 g/mol. The Bertz CT molecular complexity index is 2490. The molecule has 0 radical (unpaired) electrons. The number of hydrogen-bond acceptors (Lipinski definition) is 12. The molecule has 0 aliphatic carbocycles. The molecule has 0 aromatic carbocycles. The molecule has 0 aliphatic rings. The number of aromatic nitrogens is 12. The fourth-order valence-electron chi connectivity index (χ4n) is 4.96. The molecule has 0 bridgehead atoms. The van der Waals surface area contributed by atoms with Crippen molar-refractivity contribution in [3.8, 4) is 45.0 Å². The Balaban J connectivity index is 0.000000245. The van der Waals surface area contributed by atoms with Gasteiger partial charge in [-0.1, -0.05) is 93.6 Å². The third kappa shape index (κ3) is 17.5. The van der Waals surface area contributed by atoms with Gasteiger partial charge in [-0.2, -0.15) is 52.7 Å². The minimum absolute atomic E-state index is 0. The molecule has 0 spiro atoms. The van der Waals surface area contributed by atoms with E-state index in [9.17, 15) is 52.7 Å². The molecule has 8 aromatic heterocycles. The molecule has 12 nitrogen and oxygen atoms in total. The largest absolute Gasteiger partial charge is 2.00 e. The maximum atomic E-state index is 12.2. The van der Waals surface area contributed by atoms with Crippen LogP contribution in [0, 0.1) is 52.5 Å². The second kappa shape index (κ2) is 24.8. The van der Waals surface area contributed by atoms with Crippen molar-refractivity contribution in [2.45, 2.75) is 52.4 Å². The van der Waals surface area contributed by atoms with Gasteiger partial charge in [-0.15, -0.1) is 0 Å². The van der Waals surface area contributed by atoms with Gasteiger partial charge in [0.2, 0.25) is 0 Å². The van der Waals surface area contributed by atoms with Gasteiger partial charge in [-0.25, -0.2) is 0 Å². The van der Waals surface area contributed by atoms with E-state index in [4.69, 9.17) is 0 Å². The zero-order valence-electron chi connectivity index (χ0n) is 35.8. The fraction of sp³-hybridized carbons (Fsp3) is 0.182. The summed E-state index contributed by atoms with van der Waals surface area (Å²) in [6, 6.07) is 14.0. The first-order chi connectivity index (χ1) is 31.9. The molecule has 8 rings (SSSR count). The van der Waals surface area contributed by atoms with Crippen LogP contribution in [0.3, 0.4) is 0 Å². The Morgan fingerprint density at radius 3 is 0.629 bits per heavy atom. The molecule has 368 valence electrons. The van der Waals surface area contributed by atoms with Gasteiger partial charge in [-0.3, -0.25) is 0 Å². The molecule has 8 heterocycles. The van der Waals surface area contributed by atoms with Crippen LogP contribution in [0.15, 0.2) is 98.1 Å². The second-order valence-electron chi connectivity index (χ2n) is 13.7. The third-order valence-electron chi connectivity index (χ3n) is 8.17. The summed E-state index contributed by atoms with van der Waals surface area (Å²) < 4.78 is 147. The maximum absolute atomic E-state index is 12.2. The quantitative estimate of drug-likeness (QED) is 0.122. The van der Waals surface area contributed by atoms with Crippen LogP contribution in [0.5, 0.6) is 0 Å². The van der Waals surface area contributed by atoms with Crippen molar-refractivity contribution in [3.63, 3.8) is 0 Å². The van der Waals surface area contributed by atoms with Crippen LogP contribution in [0.4, 0.5) is 52.7 Å². The molecule has 8 aromatic rings. The number of hydrogen-bond donors (Lipinski definition) is 0. The minimum Gasteiger partial charge on any atom is -0.331 e. The first-order valence-corrected chi connectivity index (χ1v) is 18.9. The van der Waals surface area contributed by atoms with E-state index in [2.05, 4.69) is 84.6 Å². The predicted octanol–water partition coefficient (Wildman–Crippen LogP) is 10.7. The molecular formula is C44H28F12N12Pt2. The summed E-state index contributed by atoms with van der Waals surface area (Å²) in [5, 5.41) is 0. The van der Waals surface area contributed by atoms with Gasteiger partial charge >= 0.3 is 66.8 Å². The number of nitrogens with zero attached hydrogens (tertiary/aromatic N) is 12. The SMILES string of the molecule is Cc1ccnc(-c2[c-]nc(C(F)(F)F)nc2)c1.Cc1ccnc(-c2[c-]nc(C(F)(F)F)nc2)c1.Cc1ccnc(-c2[c-]nc(C(F)(F)F)nc2)c1.Cc1ccnc(-c2[c-]nc(C(F)(F)F)nc2)c1.[Pt+2].[Pt+2]. The molecule has 0 saturated heterocycles. The summed E-state index contributed by atoms with van der Waals surface area (Å²) in [5.41, 5.74) is 7.12. The van der Waals surface area contributed by atoms with Crippen molar-refractivity contribution in [2.24, 2.45) is 0 Å². The van der Waals surface area contributed by atoms with Crippen molar-refractivity contribution >= 4 is 0 Å². The van der Waals surface area contributed by atoms with Crippen LogP contribution >= 0.6 is 0 Å². The van der Waals surface area contributed by atoms with Gasteiger partial charge in [0.25, 0.3) is 0 Å². The summed E-state index contributed by atoms with van der Waals surface area (Å²) in [4.78, 5) is 41.7. The Hall–Kier alpha value is -6.54. The van der Waals surface area contributed by atoms with Crippen molar-refractivity contribution < 1.29 is 94.8 Å². The average Bonchev–Trinajstić information content (AvgIpc) is 3.29. The molecule has 0 aliphatic heterocycles. The van der Waals surface area contributed by atoms with Crippen LogP contribution in [-0.4, -0.2) is 59.8 Å². The van der Waals surface area contributed by atoms with E-state index in [1.807, 2.05) is 27.7 Å². The molecule has 26 heteroatoms. The Morgan fingerprint density at radius 2 is 0.500 bits per heavy atom. The van der Waals surface area contributed by atoms with Crippen molar-refractivity contribution in [1.29, 1.82) is 0 Å². The number of alkyl halides is 12. The maximum Gasteiger partial charge on any atom is 2.00 e. The summed E-state index contributed by atoms with van der Waals surface area (Å²) in [5.74, 6) is -4.80. The Morgan fingerprint density at radius 1 is 0.314 bits per heavy atom. The molecule has 0 N–H and O–H groups in total. The van der Waals surface area contributed by atoms with E-state index < -0.39 is 48.0 Å². The summed E-state index contributed by atoms with van der Waals surface area (Å²) in [7, 11) is 0. The molecule has 0 saturated carbocycles. The molecule has 0 fully saturated rings. The normalized spacial score (nSPS) is 11.2. The van der Waals surface area contributed by atoms with E-state index in [0.29, 0.717) is 45.0 Å². The molecular weight excluding hydrogens is 1310 g/mol. The van der Waals surface area contributed by atoms with E-state index in [1.165, 1.54) is 0 Å². The van der Waals surface area contributed by atoms with Crippen molar-refractivity contribution in [2.75, 3.05) is 0 Å². The summed E-state index contributed by atoms with van der Waals surface area (Å²) in [6.45, 7) is 7.43. The first-order valence-electron chi connectivity index (χ1n) is 18.9. The van der Waals surface area contributed by atoms with Gasteiger partial charge < -0.3 is 59.8 Å². The number of pyridine rings is 4. The number of rotatable bonds is 4. The van der Waals surface area contributed by atoms with E-state index >= 15 is 0 Å². The van der Waals surface area contributed by atoms with E-state index in [1.54, 1.807) is 73.3 Å². The monoisotopic (exact) mass is 1340 g/mol. The van der Waals surface area contributed by atoms with Crippen LogP contribution in [0.25, 0.3) is 45.0 Å². The van der Waals surface area contributed by atoms with Crippen LogP contribution in [0.1, 0.15) is 45.6 Å². The van der Waals surface area contributed by atoms with Crippen molar-refractivity contribution in [3.05, 3.63) is 168 Å². The van der Waals surface area contributed by atoms with E-state index in [0.717, 1.165) is 47.0 Å². The number of halogens is 12. The third-order valence-corrected chi connectivity index (χ3v) is 8.17. The molecule has 0 unspecified atom stereocenters. The minimum atomic E-state index is -4.55. The molecule has 0 atom stereocenters. The predicted molar refractivity (Wildman–Crippen MR) is 215 cm³/mol. The van der Waals surface area contributed by atoms with Gasteiger partial charge in [0.1, 0.15) is 23.3 Å². The topological polar surface area (TPSA) is 155 Å². The Labute approximate surface area is 418 Å². The van der Waals surface area contributed by atoms with Crippen LogP contribution < -0.4 is 0 Å². The smallest absolute Gasteiger partial charge is 0.331 e. The van der Waals surface area contributed by atoms with E-state index in [-0.39, 0.29) is 42.1 Å². The molecule has 0 amide bonds. The van der Waals surface area contributed by atoms with Crippen molar-refractivity contribution in [1.82, 2.24) is 59.8 Å². The zero-order chi connectivity index (χ0) is 49.9. The van der Waals surface area contributed by atoms with Gasteiger partial charge in [0.15, 0.2) is 0 Å². The summed E-state index contributed by atoms with van der Waals surface area (Å²) >= 11 is 0. The van der Waals surface area contributed by atoms with Gasteiger partial charge in [0, 0.05) is 24.8 Å². The summed E-state index contributed by atoms with van der Waals surface area (Å²) in [6.07, 6.45) is 1.51. The van der Waals surface area contributed by atoms with Crippen LogP contribution in [0.2, 0.25) is 0 Å². The second-order valence-corrected chi connectivity index (χ2v) is 13.7. The molecule has 70 heavy (non-hydrogen) atoms. The standard InChI is InChI=1S/4C11H7F3N3.2Pt/c4*1-7-2-3-15-9(4-7)8-5-16-10(17-6-8)11(12,13)14;;/h4*2-5H,1H3;;/q4*-1;2*+2. The zero-order valence-corrected chi connectivity index (χ0v) is 40.3.